The van der Waals surface area contributed by atoms with E-state index in [1.807, 2.05) is 11.8 Å². The maximum Gasteiger partial charge on any atom is 0.0342 e. The first kappa shape index (κ1) is 10.9. The van der Waals surface area contributed by atoms with Crippen LogP contribution in [0.25, 0.3) is 0 Å². The maximum atomic E-state index is 3.57. The van der Waals surface area contributed by atoms with Gasteiger partial charge >= 0.3 is 0 Å². The second-order valence-electron chi connectivity index (χ2n) is 4.40. The number of benzene rings is 1. The Hall–Kier alpha value is -0.630. The maximum absolute atomic E-state index is 3.57. The Labute approximate surface area is 96.7 Å². The lowest BCUT2D eigenvalue weighted by Gasteiger charge is -2.14. The van der Waals surface area contributed by atoms with Crippen molar-refractivity contribution in [3.8, 4) is 0 Å². The molecule has 1 aromatic rings. The summed E-state index contributed by atoms with van der Waals surface area (Å²) >= 11 is 1.87. The zero-order chi connectivity index (χ0) is 10.7. The van der Waals surface area contributed by atoms with E-state index >= 15 is 0 Å². The van der Waals surface area contributed by atoms with E-state index in [2.05, 4.69) is 42.8 Å². The summed E-state index contributed by atoms with van der Waals surface area (Å²) in [5, 5.41) is 3.57. The molecule has 0 amide bonds. The molecular weight excluding hydrogens is 202 g/mol. The number of hydrogen-bond donors (Lipinski definition) is 1. The Bertz CT molecular complexity index is 303. The standard InChI is InChI=1S/C13H19NS/c1-10(12-5-6-12)14-13-7-3-11(4-8-13)9-15-2/h3-4,7-8,10,12,14H,5-6,9H2,1-2H3. The molecule has 1 atom stereocenters. The summed E-state index contributed by atoms with van der Waals surface area (Å²) in [4.78, 5) is 0. The molecule has 2 rings (SSSR count). The summed E-state index contributed by atoms with van der Waals surface area (Å²) in [5.41, 5.74) is 2.67. The topological polar surface area (TPSA) is 12.0 Å². The van der Waals surface area contributed by atoms with E-state index < -0.39 is 0 Å². The van der Waals surface area contributed by atoms with Crippen LogP contribution in [0.4, 0.5) is 5.69 Å². The van der Waals surface area contributed by atoms with E-state index in [-0.39, 0.29) is 0 Å². The van der Waals surface area contributed by atoms with Gasteiger partial charge in [0, 0.05) is 17.5 Å². The third-order valence-electron chi connectivity index (χ3n) is 2.99. The number of hydrogen-bond acceptors (Lipinski definition) is 2. The van der Waals surface area contributed by atoms with E-state index in [1.165, 1.54) is 24.1 Å². The van der Waals surface area contributed by atoms with E-state index in [1.54, 1.807) is 0 Å². The Kier molecular flexibility index (Phi) is 3.57. The molecule has 0 bridgehead atoms. The predicted octanol–water partition coefficient (Wildman–Crippen LogP) is 3.76. The molecule has 0 aromatic heterocycles. The number of anilines is 1. The van der Waals surface area contributed by atoms with Crippen molar-refractivity contribution in [1.29, 1.82) is 0 Å². The van der Waals surface area contributed by atoms with Crippen LogP contribution >= 0.6 is 11.8 Å². The summed E-state index contributed by atoms with van der Waals surface area (Å²) in [6, 6.07) is 9.47. The van der Waals surface area contributed by atoms with Crippen molar-refractivity contribution in [3.05, 3.63) is 29.8 Å². The summed E-state index contributed by atoms with van der Waals surface area (Å²) in [7, 11) is 0. The van der Waals surface area contributed by atoms with Crippen LogP contribution in [0.3, 0.4) is 0 Å². The molecule has 1 aliphatic rings. The second-order valence-corrected chi connectivity index (χ2v) is 5.27. The lowest BCUT2D eigenvalue weighted by molar-refractivity contribution is 0.694. The molecule has 15 heavy (non-hydrogen) atoms. The van der Waals surface area contributed by atoms with Gasteiger partial charge in [-0.3, -0.25) is 0 Å². The predicted molar refractivity (Wildman–Crippen MR) is 69.5 cm³/mol. The van der Waals surface area contributed by atoms with Crippen molar-refractivity contribution in [2.24, 2.45) is 5.92 Å². The largest absolute Gasteiger partial charge is 0.382 e. The molecular formula is C13H19NS. The highest BCUT2D eigenvalue weighted by Gasteiger charge is 2.27. The van der Waals surface area contributed by atoms with Crippen molar-refractivity contribution in [2.45, 2.75) is 31.6 Å². The van der Waals surface area contributed by atoms with Gasteiger partial charge in [0.2, 0.25) is 0 Å². The number of rotatable bonds is 5. The average molecular weight is 221 g/mol. The molecule has 1 saturated carbocycles. The van der Waals surface area contributed by atoms with Crippen LogP contribution in [0.2, 0.25) is 0 Å². The minimum absolute atomic E-state index is 0.636. The highest BCUT2D eigenvalue weighted by molar-refractivity contribution is 7.97. The molecule has 2 heteroatoms. The monoisotopic (exact) mass is 221 g/mol. The van der Waals surface area contributed by atoms with Crippen molar-refractivity contribution in [1.82, 2.24) is 0 Å². The fraction of sp³-hybridized carbons (Fsp3) is 0.538. The zero-order valence-corrected chi connectivity index (χ0v) is 10.3. The third-order valence-corrected chi connectivity index (χ3v) is 3.61. The summed E-state index contributed by atoms with van der Waals surface area (Å²) < 4.78 is 0. The van der Waals surface area contributed by atoms with E-state index in [0.29, 0.717) is 6.04 Å². The Morgan fingerprint density at radius 3 is 2.53 bits per heavy atom. The van der Waals surface area contributed by atoms with E-state index in [4.69, 9.17) is 0 Å². The molecule has 0 spiro atoms. The van der Waals surface area contributed by atoms with Crippen LogP contribution < -0.4 is 5.32 Å². The van der Waals surface area contributed by atoms with Gasteiger partial charge in [-0.2, -0.15) is 11.8 Å². The van der Waals surface area contributed by atoms with Crippen molar-refractivity contribution >= 4 is 17.4 Å². The van der Waals surface area contributed by atoms with Crippen molar-refractivity contribution in [2.75, 3.05) is 11.6 Å². The van der Waals surface area contributed by atoms with Crippen LogP contribution in [0.5, 0.6) is 0 Å². The van der Waals surface area contributed by atoms with Crippen LogP contribution in [-0.4, -0.2) is 12.3 Å². The Morgan fingerprint density at radius 1 is 1.33 bits per heavy atom. The fourth-order valence-electron chi connectivity index (χ4n) is 1.84. The Balaban J connectivity index is 1.91. The molecule has 0 aliphatic heterocycles. The van der Waals surface area contributed by atoms with Gasteiger partial charge in [0.15, 0.2) is 0 Å². The van der Waals surface area contributed by atoms with E-state index in [0.717, 1.165) is 11.7 Å². The van der Waals surface area contributed by atoms with Crippen molar-refractivity contribution < 1.29 is 0 Å². The summed E-state index contributed by atoms with van der Waals surface area (Å²) in [5.74, 6) is 2.02. The first-order valence-corrected chi connectivity index (χ1v) is 7.03. The Morgan fingerprint density at radius 2 is 2.00 bits per heavy atom. The van der Waals surface area contributed by atoms with Gasteiger partial charge in [-0.1, -0.05) is 12.1 Å². The zero-order valence-electron chi connectivity index (χ0n) is 9.49. The molecule has 1 fully saturated rings. The van der Waals surface area contributed by atoms with Gasteiger partial charge in [-0.25, -0.2) is 0 Å². The smallest absolute Gasteiger partial charge is 0.0342 e. The van der Waals surface area contributed by atoms with Gasteiger partial charge in [0.25, 0.3) is 0 Å². The second kappa shape index (κ2) is 4.93. The molecule has 1 N–H and O–H groups in total. The summed E-state index contributed by atoms with van der Waals surface area (Å²) in [6.45, 7) is 2.29. The molecule has 0 saturated heterocycles. The minimum Gasteiger partial charge on any atom is -0.382 e. The van der Waals surface area contributed by atoms with Crippen LogP contribution in [0, 0.1) is 5.92 Å². The van der Waals surface area contributed by atoms with Gasteiger partial charge in [-0.05, 0) is 49.6 Å². The SMILES string of the molecule is CSCc1ccc(NC(C)C2CC2)cc1. The van der Waals surface area contributed by atoms with Gasteiger partial charge in [0.1, 0.15) is 0 Å². The molecule has 0 heterocycles. The molecule has 1 aromatic carbocycles. The first-order chi connectivity index (χ1) is 7.29. The number of thioether (sulfide) groups is 1. The number of nitrogens with one attached hydrogen (secondary N) is 1. The molecule has 0 radical (unpaired) electrons. The quantitative estimate of drug-likeness (QED) is 0.812. The van der Waals surface area contributed by atoms with Crippen LogP contribution in [-0.2, 0) is 5.75 Å². The third kappa shape index (κ3) is 3.16. The van der Waals surface area contributed by atoms with Crippen molar-refractivity contribution in [3.63, 3.8) is 0 Å². The van der Waals surface area contributed by atoms with Gasteiger partial charge in [-0.15, -0.1) is 0 Å². The van der Waals surface area contributed by atoms with Crippen LogP contribution in [0.15, 0.2) is 24.3 Å². The lowest BCUT2D eigenvalue weighted by atomic mass is 10.2. The molecule has 1 nitrogen and oxygen atoms in total. The lowest BCUT2D eigenvalue weighted by Crippen LogP contribution is -2.16. The van der Waals surface area contributed by atoms with Gasteiger partial charge in [0.05, 0.1) is 0 Å². The minimum atomic E-state index is 0.636. The van der Waals surface area contributed by atoms with Crippen LogP contribution in [0.1, 0.15) is 25.3 Å². The fourth-order valence-corrected chi connectivity index (χ4v) is 2.37. The molecule has 1 unspecified atom stereocenters. The highest BCUT2D eigenvalue weighted by Crippen LogP contribution is 2.33. The average Bonchev–Trinajstić information content (AvgIpc) is 3.04. The first-order valence-electron chi connectivity index (χ1n) is 5.64. The summed E-state index contributed by atoms with van der Waals surface area (Å²) in [6.07, 6.45) is 4.94. The van der Waals surface area contributed by atoms with Gasteiger partial charge < -0.3 is 5.32 Å². The molecule has 1 aliphatic carbocycles. The highest BCUT2D eigenvalue weighted by atomic mass is 32.2. The normalized spacial score (nSPS) is 17.5. The van der Waals surface area contributed by atoms with E-state index in [9.17, 15) is 0 Å². The molecule has 82 valence electrons.